The van der Waals surface area contributed by atoms with Crippen LogP contribution < -0.4 is 10.5 Å². The van der Waals surface area contributed by atoms with Crippen LogP contribution in [0.25, 0.3) is 5.57 Å². The molecule has 21 heavy (non-hydrogen) atoms. The molecule has 1 aromatic rings. The van der Waals surface area contributed by atoms with Gasteiger partial charge in [0, 0.05) is 12.7 Å². The standard InChI is InChI=1S/C16H17N3O2/c1-11-16(20)19-10-13(4-7-15(19)18-11)12-2-5-14(6-3-12)21-9-8-17/h2-3,5-7,10H,4,8-9,17H2,1H3. The Morgan fingerprint density at radius 1 is 1.33 bits per heavy atom. The Bertz CT molecular complexity index is 657. The summed E-state index contributed by atoms with van der Waals surface area (Å²) in [6.07, 6.45) is 4.61. The van der Waals surface area contributed by atoms with Crippen molar-refractivity contribution in [1.29, 1.82) is 0 Å². The van der Waals surface area contributed by atoms with Crippen molar-refractivity contribution in [3.63, 3.8) is 0 Å². The average Bonchev–Trinajstić information content (AvgIpc) is 2.80. The number of nitrogens with two attached hydrogens (primary N) is 1. The van der Waals surface area contributed by atoms with Crippen LogP contribution in [0.5, 0.6) is 5.75 Å². The fraction of sp³-hybridized carbons (Fsp3) is 0.250. The highest BCUT2D eigenvalue weighted by Gasteiger charge is 2.28. The lowest BCUT2D eigenvalue weighted by molar-refractivity contribution is -0.119. The number of benzene rings is 1. The van der Waals surface area contributed by atoms with Gasteiger partial charge < -0.3 is 10.5 Å². The molecule has 0 fully saturated rings. The van der Waals surface area contributed by atoms with E-state index in [1.54, 1.807) is 11.8 Å². The highest BCUT2D eigenvalue weighted by Crippen LogP contribution is 2.30. The molecule has 1 amide bonds. The van der Waals surface area contributed by atoms with E-state index in [1.807, 2.05) is 36.5 Å². The van der Waals surface area contributed by atoms with Gasteiger partial charge in [0.2, 0.25) is 0 Å². The molecule has 1 aromatic carbocycles. The predicted molar refractivity (Wildman–Crippen MR) is 81.6 cm³/mol. The molecule has 0 radical (unpaired) electrons. The van der Waals surface area contributed by atoms with E-state index in [-0.39, 0.29) is 5.91 Å². The van der Waals surface area contributed by atoms with Crippen molar-refractivity contribution in [3.05, 3.63) is 47.9 Å². The van der Waals surface area contributed by atoms with Crippen LogP contribution in [0.3, 0.4) is 0 Å². The molecule has 3 rings (SSSR count). The van der Waals surface area contributed by atoms with Gasteiger partial charge in [-0.2, -0.15) is 0 Å². The third-order valence-electron chi connectivity index (χ3n) is 3.46. The Morgan fingerprint density at radius 3 is 2.81 bits per heavy atom. The van der Waals surface area contributed by atoms with E-state index in [0.717, 1.165) is 29.1 Å². The van der Waals surface area contributed by atoms with Crippen molar-refractivity contribution in [1.82, 2.24) is 4.90 Å². The first-order chi connectivity index (χ1) is 10.2. The van der Waals surface area contributed by atoms with Gasteiger partial charge in [-0.1, -0.05) is 12.1 Å². The first kappa shape index (κ1) is 13.6. The van der Waals surface area contributed by atoms with Crippen molar-refractivity contribution in [2.45, 2.75) is 13.3 Å². The van der Waals surface area contributed by atoms with E-state index in [4.69, 9.17) is 10.5 Å². The maximum absolute atomic E-state index is 12.0. The van der Waals surface area contributed by atoms with Crippen molar-refractivity contribution in [3.8, 4) is 5.75 Å². The van der Waals surface area contributed by atoms with E-state index in [9.17, 15) is 4.79 Å². The van der Waals surface area contributed by atoms with Crippen LogP contribution in [0.4, 0.5) is 0 Å². The lowest BCUT2D eigenvalue weighted by atomic mass is 10.0. The minimum atomic E-state index is -0.0543. The molecule has 2 aliphatic heterocycles. The van der Waals surface area contributed by atoms with Crippen molar-refractivity contribution >= 4 is 17.2 Å². The highest BCUT2D eigenvalue weighted by atomic mass is 16.5. The summed E-state index contributed by atoms with van der Waals surface area (Å²) >= 11 is 0. The zero-order chi connectivity index (χ0) is 14.8. The number of ether oxygens (including phenoxy) is 1. The molecule has 0 bridgehead atoms. The van der Waals surface area contributed by atoms with Crippen LogP contribution in [-0.2, 0) is 4.79 Å². The second kappa shape index (κ2) is 5.54. The van der Waals surface area contributed by atoms with Gasteiger partial charge >= 0.3 is 0 Å². The van der Waals surface area contributed by atoms with Gasteiger partial charge in [-0.25, -0.2) is 4.99 Å². The molecular formula is C16H17N3O2. The van der Waals surface area contributed by atoms with E-state index in [0.29, 0.717) is 18.9 Å². The Kier molecular flexibility index (Phi) is 3.58. The van der Waals surface area contributed by atoms with E-state index in [2.05, 4.69) is 4.99 Å². The number of hydrogen-bond donors (Lipinski definition) is 1. The third kappa shape index (κ3) is 2.60. The maximum atomic E-state index is 12.0. The molecular weight excluding hydrogens is 266 g/mol. The Hall–Kier alpha value is -2.40. The molecule has 0 atom stereocenters. The first-order valence-corrected chi connectivity index (χ1v) is 6.92. The minimum Gasteiger partial charge on any atom is -0.492 e. The summed E-state index contributed by atoms with van der Waals surface area (Å²) < 4.78 is 5.46. The highest BCUT2D eigenvalue weighted by molar-refractivity contribution is 6.40. The zero-order valence-electron chi connectivity index (χ0n) is 11.9. The normalized spacial score (nSPS) is 17.1. The second-order valence-electron chi connectivity index (χ2n) is 4.95. The number of carbonyl (C=O) groups is 1. The van der Waals surface area contributed by atoms with Crippen molar-refractivity contribution in [2.75, 3.05) is 13.2 Å². The van der Waals surface area contributed by atoms with Crippen molar-refractivity contribution < 1.29 is 9.53 Å². The van der Waals surface area contributed by atoms with Gasteiger partial charge in [-0.05, 0) is 42.7 Å². The predicted octanol–water partition coefficient (Wildman–Crippen LogP) is 1.91. The lowest BCUT2D eigenvalue weighted by Crippen LogP contribution is -2.24. The number of hydrogen-bond acceptors (Lipinski definition) is 4. The van der Waals surface area contributed by atoms with Crippen LogP contribution in [0.15, 0.2) is 47.4 Å². The van der Waals surface area contributed by atoms with Gasteiger partial charge in [-0.15, -0.1) is 0 Å². The molecule has 0 aliphatic carbocycles. The summed E-state index contributed by atoms with van der Waals surface area (Å²) in [5.74, 6) is 1.47. The summed E-state index contributed by atoms with van der Waals surface area (Å²) in [7, 11) is 0. The molecule has 2 heterocycles. The molecule has 0 saturated carbocycles. The molecule has 0 saturated heterocycles. The fourth-order valence-electron chi connectivity index (χ4n) is 2.36. The second-order valence-corrected chi connectivity index (χ2v) is 4.95. The van der Waals surface area contributed by atoms with Gasteiger partial charge in [0.1, 0.15) is 23.9 Å². The Morgan fingerprint density at radius 2 is 2.10 bits per heavy atom. The number of carbonyl (C=O) groups excluding carboxylic acids is 1. The maximum Gasteiger partial charge on any atom is 0.277 e. The fourth-order valence-corrected chi connectivity index (χ4v) is 2.36. The number of fused-ring (bicyclic) bond motifs is 1. The van der Waals surface area contributed by atoms with E-state index < -0.39 is 0 Å². The molecule has 0 unspecified atom stereocenters. The molecule has 5 heteroatoms. The minimum absolute atomic E-state index is 0.0543. The molecule has 108 valence electrons. The summed E-state index contributed by atoms with van der Waals surface area (Å²) in [6.45, 7) is 2.74. The number of rotatable bonds is 4. The monoisotopic (exact) mass is 283 g/mol. The van der Waals surface area contributed by atoms with Crippen LogP contribution in [0, 0.1) is 0 Å². The first-order valence-electron chi connectivity index (χ1n) is 6.92. The van der Waals surface area contributed by atoms with E-state index in [1.165, 1.54) is 0 Å². The molecule has 5 nitrogen and oxygen atoms in total. The van der Waals surface area contributed by atoms with Crippen LogP contribution in [-0.4, -0.2) is 29.7 Å². The summed E-state index contributed by atoms with van der Waals surface area (Å²) in [4.78, 5) is 17.8. The van der Waals surface area contributed by atoms with Gasteiger partial charge in [-0.3, -0.25) is 9.69 Å². The topological polar surface area (TPSA) is 67.9 Å². The SMILES string of the molecule is CC1=NC2=CCC(c3ccc(OCCN)cc3)=CN2C1=O. The lowest BCUT2D eigenvalue weighted by Gasteiger charge is -2.19. The Labute approximate surface area is 123 Å². The van der Waals surface area contributed by atoms with Gasteiger partial charge in [0.15, 0.2) is 0 Å². The van der Waals surface area contributed by atoms with Crippen LogP contribution in [0.1, 0.15) is 18.9 Å². The van der Waals surface area contributed by atoms with Gasteiger partial charge in [0.25, 0.3) is 5.91 Å². The molecule has 0 aromatic heterocycles. The van der Waals surface area contributed by atoms with Crippen LogP contribution in [0.2, 0.25) is 0 Å². The molecule has 2 N–H and O–H groups in total. The number of aliphatic imine (C=N–C) groups is 1. The largest absolute Gasteiger partial charge is 0.492 e. The summed E-state index contributed by atoms with van der Waals surface area (Å²) in [6, 6.07) is 7.81. The molecule has 0 spiro atoms. The third-order valence-corrected chi connectivity index (χ3v) is 3.46. The quantitative estimate of drug-likeness (QED) is 0.917. The summed E-state index contributed by atoms with van der Waals surface area (Å²) in [5, 5.41) is 0. The van der Waals surface area contributed by atoms with E-state index >= 15 is 0 Å². The molecule has 2 aliphatic rings. The van der Waals surface area contributed by atoms with Crippen molar-refractivity contribution in [2.24, 2.45) is 10.7 Å². The Balaban J connectivity index is 1.78. The zero-order valence-corrected chi connectivity index (χ0v) is 11.9. The van der Waals surface area contributed by atoms with Crippen LogP contribution >= 0.6 is 0 Å². The number of amides is 1. The number of nitrogens with zero attached hydrogens (tertiary/aromatic N) is 2. The number of allylic oxidation sites excluding steroid dienone is 2. The smallest absolute Gasteiger partial charge is 0.277 e. The summed E-state index contributed by atoms with van der Waals surface area (Å²) in [5.41, 5.74) is 8.10. The van der Waals surface area contributed by atoms with Gasteiger partial charge in [0.05, 0.1) is 0 Å². The average molecular weight is 283 g/mol.